The molecule has 3 aromatic rings. The van der Waals surface area contributed by atoms with Crippen LogP contribution in [0, 0.1) is 0 Å². The van der Waals surface area contributed by atoms with Crippen molar-refractivity contribution < 1.29 is 14.6 Å². The van der Waals surface area contributed by atoms with E-state index in [1.807, 2.05) is 0 Å². The molecule has 0 aliphatic carbocycles. The minimum absolute atomic E-state index is 0.0202. The fourth-order valence-corrected chi connectivity index (χ4v) is 3.43. The van der Waals surface area contributed by atoms with Crippen LogP contribution >= 0.6 is 23.4 Å². The van der Waals surface area contributed by atoms with Gasteiger partial charge in [-0.1, -0.05) is 35.5 Å². The van der Waals surface area contributed by atoms with Crippen LogP contribution in [0.4, 0.5) is 5.69 Å². The van der Waals surface area contributed by atoms with Gasteiger partial charge in [-0.05, 0) is 30.3 Å². The number of halogens is 1. The van der Waals surface area contributed by atoms with Crippen molar-refractivity contribution in [1.82, 2.24) is 9.55 Å². The Morgan fingerprint density at radius 2 is 2.04 bits per heavy atom. The Bertz CT molecular complexity index is 1070. The van der Waals surface area contributed by atoms with E-state index in [4.69, 9.17) is 16.3 Å². The minimum atomic E-state index is -0.481. The van der Waals surface area contributed by atoms with Crippen LogP contribution in [0.15, 0.2) is 64.5 Å². The Morgan fingerprint density at radius 3 is 2.79 bits per heavy atom. The molecule has 1 aromatic heterocycles. The summed E-state index contributed by atoms with van der Waals surface area (Å²) in [7, 11) is 1.54. The van der Waals surface area contributed by atoms with Gasteiger partial charge >= 0.3 is 0 Å². The second-order valence-corrected chi connectivity index (χ2v) is 7.00. The molecule has 1 heterocycles. The molecule has 144 valence electrons. The fraction of sp³-hybridized carbons (Fsp3) is 0.105. The second kappa shape index (κ2) is 8.81. The van der Waals surface area contributed by atoms with E-state index in [9.17, 15) is 14.7 Å². The standard InChI is InChI=1S/C19H16ClN3O4S/c1-27-15-7-3-5-13(9-15)21-17(25)11-28-19-22-16(24)10-18(26)23(19)14-6-2-4-12(20)8-14/h2-10,24H,11H2,1H3,(H,21,25). The fourth-order valence-electron chi connectivity index (χ4n) is 2.43. The number of rotatable bonds is 6. The number of thioether (sulfide) groups is 1. The molecule has 0 saturated heterocycles. The predicted octanol–water partition coefficient (Wildman–Crippen LogP) is 3.33. The largest absolute Gasteiger partial charge is 0.497 e. The molecule has 0 saturated carbocycles. The van der Waals surface area contributed by atoms with Gasteiger partial charge in [-0.2, -0.15) is 4.98 Å². The van der Waals surface area contributed by atoms with Crippen molar-refractivity contribution in [2.75, 3.05) is 18.2 Å². The average molecular weight is 418 g/mol. The highest BCUT2D eigenvalue weighted by molar-refractivity contribution is 7.99. The van der Waals surface area contributed by atoms with Crippen molar-refractivity contribution in [3.8, 4) is 17.3 Å². The number of nitrogens with zero attached hydrogens (tertiary/aromatic N) is 2. The van der Waals surface area contributed by atoms with Crippen molar-refractivity contribution in [2.24, 2.45) is 0 Å². The summed E-state index contributed by atoms with van der Waals surface area (Å²) in [4.78, 5) is 28.6. The summed E-state index contributed by atoms with van der Waals surface area (Å²) in [6, 6.07) is 14.6. The quantitative estimate of drug-likeness (QED) is 0.472. The lowest BCUT2D eigenvalue weighted by Gasteiger charge is -2.12. The molecule has 0 aliphatic heterocycles. The summed E-state index contributed by atoms with van der Waals surface area (Å²) in [5, 5.41) is 13.1. The number of nitrogens with one attached hydrogen (secondary N) is 1. The van der Waals surface area contributed by atoms with Gasteiger partial charge in [-0.3, -0.25) is 14.2 Å². The Balaban J connectivity index is 1.80. The molecule has 0 fully saturated rings. The Kier molecular flexibility index (Phi) is 6.23. The molecule has 0 bridgehead atoms. The van der Waals surface area contributed by atoms with E-state index in [1.54, 1.807) is 55.6 Å². The Labute approximate surface area is 169 Å². The summed E-state index contributed by atoms with van der Waals surface area (Å²) in [6.45, 7) is 0. The SMILES string of the molecule is COc1cccc(NC(=O)CSc2nc(O)cc(=O)n2-c2cccc(Cl)c2)c1. The van der Waals surface area contributed by atoms with Crippen LogP contribution in [0.2, 0.25) is 5.02 Å². The van der Waals surface area contributed by atoms with Crippen LogP contribution < -0.4 is 15.6 Å². The Hall–Kier alpha value is -2.97. The summed E-state index contributed by atoms with van der Waals surface area (Å²) >= 11 is 7.03. The van der Waals surface area contributed by atoms with Gasteiger partial charge in [0.15, 0.2) is 5.16 Å². The van der Waals surface area contributed by atoms with Gasteiger partial charge < -0.3 is 15.2 Å². The number of amides is 1. The molecule has 0 atom stereocenters. The first-order valence-corrected chi connectivity index (χ1v) is 9.48. The number of hydrogen-bond acceptors (Lipinski definition) is 6. The zero-order valence-electron chi connectivity index (χ0n) is 14.8. The first-order valence-electron chi connectivity index (χ1n) is 8.12. The number of ether oxygens (including phenoxy) is 1. The zero-order valence-corrected chi connectivity index (χ0v) is 16.3. The number of aromatic hydroxyl groups is 1. The van der Waals surface area contributed by atoms with E-state index in [0.29, 0.717) is 22.1 Å². The van der Waals surface area contributed by atoms with Crippen LogP contribution in [0.1, 0.15) is 0 Å². The maximum absolute atomic E-state index is 12.4. The zero-order chi connectivity index (χ0) is 20.1. The topological polar surface area (TPSA) is 93.5 Å². The number of methoxy groups -OCH3 is 1. The van der Waals surface area contributed by atoms with Crippen LogP contribution in [0.3, 0.4) is 0 Å². The van der Waals surface area contributed by atoms with Gasteiger partial charge in [-0.25, -0.2) is 0 Å². The lowest BCUT2D eigenvalue weighted by molar-refractivity contribution is -0.113. The summed E-state index contributed by atoms with van der Waals surface area (Å²) < 4.78 is 6.41. The third-order valence-corrected chi connectivity index (χ3v) is 4.80. The van der Waals surface area contributed by atoms with Gasteiger partial charge in [0.1, 0.15) is 5.75 Å². The maximum Gasteiger partial charge on any atom is 0.262 e. The molecule has 28 heavy (non-hydrogen) atoms. The van der Waals surface area contributed by atoms with Gasteiger partial charge in [0.25, 0.3) is 5.56 Å². The summed E-state index contributed by atoms with van der Waals surface area (Å²) in [6.07, 6.45) is 0. The third kappa shape index (κ3) is 4.85. The normalized spacial score (nSPS) is 10.5. The first-order chi connectivity index (χ1) is 13.5. The van der Waals surface area contributed by atoms with Crippen molar-refractivity contribution in [2.45, 2.75) is 5.16 Å². The molecule has 0 radical (unpaired) electrons. The van der Waals surface area contributed by atoms with Crippen molar-refractivity contribution >= 4 is 35.0 Å². The first kappa shape index (κ1) is 19.8. The smallest absolute Gasteiger partial charge is 0.262 e. The molecular weight excluding hydrogens is 402 g/mol. The highest BCUT2D eigenvalue weighted by Crippen LogP contribution is 2.23. The number of benzene rings is 2. The molecule has 0 spiro atoms. The van der Waals surface area contributed by atoms with E-state index in [-0.39, 0.29) is 16.8 Å². The summed E-state index contributed by atoms with van der Waals surface area (Å²) in [5.74, 6) is -0.115. The highest BCUT2D eigenvalue weighted by Gasteiger charge is 2.14. The molecule has 0 unspecified atom stereocenters. The van der Waals surface area contributed by atoms with Crippen molar-refractivity contribution in [3.05, 3.63) is 70.0 Å². The van der Waals surface area contributed by atoms with E-state index in [2.05, 4.69) is 10.3 Å². The molecule has 1 amide bonds. The van der Waals surface area contributed by atoms with Gasteiger partial charge in [-0.15, -0.1) is 0 Å². The molecule has 9 heteroatoms. The predicted molar refractivity (Wildman–Crippen MR) is 109 cm³/mol. The number of carbonyl (C=O) groups excluding carboxylic acids is 1. The van der Waals surface area contributed by atoms with E-state index < -0.39 is 11.4 Å². The van der Waals surface area contributed by atoms with Crippen LogP contribution in [0.5, 0.6) is 11.6 Å². The van der Waals surface area contributed by atoms with Crippen LogP contribution in [0.25, 0.3) is 5.69 Å². The van der Waals surface area contributed by atoms with Gasteiger partial charge in [0.2, 0.25) is 11.8 Å². The molecule has 2 aromatic carbocycles. The lowest BCUT2D eigenvalue weighted by Crippen LogP contribution is -2.21. The average Bonchev–Trinajstić information content (AvgIpc) is 2.66. The van der Waals surface area contributed by atoms with Gasteiger partial charge in [0.05, 0.1) is 24.6 Å². The molecule has 2 N–H and O–H groups in total. The van der Waals surface area contributed by atoms with Crippen molar-refractivity contribution in [1.29, 1.82) is 0 Å². The number of aromatic nitrogens is 2. The van der Waals surface area contributed by atoms with Gasteiger partial charge in [0, 0.05) is 16.8 Å². The van der Waals surface area contributed by atoms with E-state index in [0.717, 1.165) is 17.8 Å². The summed E-state index contributed by atoms with van der Waals surface area (Å²) in [5.41, 5.74) is 0.590. The van der Waals surface area contributed by atoms with Crippen molar-refractivity contribution in [3.63, 3.8) is 0 Å². The van der Waals surface area contributed by atoms with Crippen LogP contribution in [-0.2, 0) is 4.79 Å². The number of hydrogen-bond donors (Lipinski definition) is 2. The maximum atomic E-state index is 12.4. The van der Waals surface area contributed by atoms with E-state index >= 15 is 0 Å². The molecular formula is C19H16ClN3O4S. The van der Waals surface area contributed by atoms with Crippen LogP contribution in [-0.4, -0.2) is 33.4 Å². The second-order valence-electron chi connectivity index (χ2n) is 5.62. The number of anilines is 1. The molecule has 7 nitrogen and oxygen atoms in total. The molecule has 3 rings (SSSR count). The monoisotopic (exact) mass is 417 g/mol. The molecule has 0 aliphatic rings. The number of carbonyl (C=O) groups is 1. The minimum Gasteiger partial charge on any atom is -0.497 e. The highest BCUT2D eigenvalue weighted by atomic mass is 35.5. The Morgan fingerprint density at radius 1 is 1.25 bits per heavy atom. The third-order valence-electron chi connectivity index (χ3n) is 3.63. The van der Waals surface area contributed by atoms with E-state index in [1.165, 1.54) is 4.57 Å². The lowest BCUT2D eigenvalue weighted by atomic mass is 10.3.